The molecule has 27 heavy (non-hydrogen) atoms. The van der Waals surface area contributed by atoms with Crippen LogP contribution in [0.2, 0.25) is 0 Å². The average molecular weight is 393 g/mol. The summed E-state index contributed by atoms with van der Waals surface area (Å²) in [4.78, 5) is 13.0. The lowest BCUT2D eigenvalue weighted by molar-refractivity contribution is -0.148. The normalized spacial score (nSPS) is 30.0. The zero-order valence-corrected chi connectivity index (χ0v) is 16.4. The van der Waals surface area contributed by atoms with Crippen molar-refractivity contribution < 1.29 is 23.1 Å². The zero-order valence-electron chi connectivity index (χ0n) is 15.6. The molecule has 0 aromatic heterocycles. The molecular formula is C21H28O5S. The van der Waals surface area contributed by atoms with Crippen molar-refractivity contribution in [3.05, 3.63) is 42.0 Å². The number of fused-ring (bicyclic) bond motifs is 2. The number of hydrogen-bond acceptors (Lipinski definition) is 5. The maximum atomic E-state index is 13.5. The van der Waals surface area contributed by atoms with Crippen molar-refractivity contribution in [1.82, 2.24) is 0 Å². The third-order valence-corrected chi connectivity index (χ3v) is 8.04. The topological polar surface area (TPSA) is 80.7 Å². The van der Waals surface area contributed by atoms with E-state index >= 15 is 0 Å². The predicted octanol–water partition coefficient (Wildman–Crippen LogP) is 3.57. The van der Waals surface area contributed by atoms with Crippen LogP contribution < -0.4 is 0 Å². The second-order valence-electron chi connectivity index (χ2n) is 7.62. The maximum Gasteiger partial charge on any atom is 0.328 e. The van der Waals surface area contributed by atoms with Gasteiger partial charge in [0.1, 0.15) is 6.61 Å². The lowest BCUT2D eigenvalue weighted by Gasteiger charge is -2.36. The molecule has 148 valence electrons. The maximum absolute atomic E-state index is 13.5. The number of carbonyl (C=O) groups is 1. The van der Waals surface area contributed by atoms with Gasteiger partial charge in [-0.1, -0.05) is 62.8 Å². The van der Waals surface area contributed by atoms with Gasteiger partial charge in [-0.3, -0.25) is 4.79 Å². The van der Waals surface area contributed by atoms with Crippen LogP contribution in [-0.4, -0.2) is 37.0 Å². The van der Waals surface area contributed by atoms with Crippen LogP contribution in [0.4, 0.5) is 0 Å². The molecule has 2 unspecified atom stereocenters. The minimum Gasteiger partial charge on any atom is -0.460 e. The van der Waals surface area contributed by atoms with Gasteiger partial charge in [0.05, 0.1) is 11.0 Å². The molecule has 1 aliphatic heterocycles. The van der Waals surface area contributed by atoms with Gasteiger partial charge >= 0.3 is 5.97 Å². The van der Waals surface area contributed by atoms with Crippen molar-refractivity contribution in [1.29, 1.82) is 0 Å². The van der Waals surface area contributed by atoms with Gasteiger partial charge in [0, 0.05) is 6.42 Å². The van der Waals surface area contributed by atoms with Crippen molar-refractivity contribution in [3.63, 3.8) is 0 Å². The third kappa shape index (κ3) is 4.27. The summed E-state index contributed by atoms with van der Waals surface area (Å²) in [5.41, 5.74) is 0.695. The first-order valence-electron chi connectivity index (χ1n) is 9.80. The molecule has 1 fully saturated rings. The van der Waals surface area contributed by atoms with Gasteiger partial charge < -0.3 is 9.84 Å². The summed E-state index contributed by atoms with van der Waals surface area (Å²) in [7, 11) is -3.92. The van der Waals surface area contributed by atoms with Crippen molar-refractivity contribution in [2.24, 2.45) is 0 Å². The number of sulfone groups is 1. The molecule has 0 amide bonds. The third-order valence-electron chi connectivity index (χ3n) is 5.60. The monoisotopic (exact) mass is 392 g/mol. The SMILES string of the molecule is O=C1OC/C2=C\C(O)CCCCCCCCC1(S(=O)(=O)c1ccccc1)C2. The Morgan fingerprint density at radius 3 is 2.41 bits per heavy atom. The van der Waals surface area contributed by atoms with E-state index in [1.54, 1.807) is 24.3 Å². The fraction of sp³-hybridized carbons (Fsp3) is 0.571. The molecule has 0 radical (unpaired) electrons. The molecule has 2 bridgehead atoms. The molecule has 1 aromatic carbocycles. The molecule has 1 saturated heterocycles. The average Bonchev–Trinajstić information content (AvgIpc) is 2.67. The Kier molecular flexibility index (Phi) is 6.37. The summed E-state index contributed by atoms with van der Waals surface area (Å²) >= 11 is 0. The quantitative estimate of drug-likeness (QED) is 0.615. The van der Waals surface area contributed by atoms with Gasteiger partial charge in [-0.2, -0.15) is 0 Å². The summed E-state index contributed by atoms with van der Waals surface area (Å²) in [6.45, 7) is 0.0575. The largest absolute Gasteiger partial charge is 0.460 e. The molecule has 1 aromatic rings. The molecule has 1 aliphatic carbocycles. The first-order valence-corrected chi connectivity index (χ1v) is 11.3. The van der Waals surface area contributed by atoms with Crippen LogP contribution in [0.3, 0.4) is 0 Å². The van der Waals surface area contributed by atoms with Crippen molar-refractivity contribution >= 4 is 15.8 Å². The van der Waals surface area contributed by atoms with Crippen LogP contribution in [0.1, 0.15) is 57.8 Å². The highest BCUT2D eigenvalue weighted by molar-refractivity contribution is 7.93. The molecule has 3 rings (SSSR count). The Labute approximate surface area is 161 Å². The van der Waals surface area contributed by atoms with Gasteiger partial charge in [0.15, 0.2) is 14.6 Å². The number of carbonyl (C=O) groups excluding carboxylic acids is 1. The van der Waals surface area contributed by atoms with Gasteiger partial charge in [-0.25, -0.2) is 8.42 Å². The van der Waals surface area contributed by atoms with E-state index in [0.29, 0.717) is 18.4 Å². The fourth-order valence-electron chi connectivity index (χ4n) is 4.07. The van der Waals surface area contributed by atoms with E-state index in [0.717, 1.165) is 32.1 Å². The van der Waals surface area contributed by atoms with Gasteiger partial charge in [0.2, 0.25) is 0 Å². The number of benzene rings is 1. The van der Waals surface area contributed by atoms with Crippen LogP contribution in [0.5, 0.6) is 0 Å². The zero-order chi connectivity index (χ0) is 19.3. The van der Waals surface area contributed by atoms with Crippen molar-refractivity contribution in [2.45, 2.75) is 73.5 Å². The second-order valence-corrected chi connectivity index (χ2v) is 9.88. The minimum atomic E-state index is -3.92. The standard InChI is InChI=1S/C21H28O5S/c22-18-10-6-3-1-2-4-9-13-21(15-17(14-18)16-26-20(21)23)27(24,25)19-11-7-5-8-12-19/h5,7-8,11-12,14,18,22H,1-4,6,9-10,13,15-16H2/b17-14-. The number of cyclic esters (lactones) is 1. The van der Waals surface area contributed by atoms with E-state index in [1.807, 2.05) is 0 Å². The van der Waals surface area contributed by atoms with E-state index in [1.165, 1.54) is 12.1 Å². The summed E-state index contributed by atoms with van der Waals surface area (Å²) in [5.74, 6) is -0.659. The Balaban J connectivity index is 2.03. The van der Waals surface area contributed by atoms with E-state index in [-0.39, 0.29) is 24.3 Å². The van der Waals surface area contributed by atoms with E-state index in [2.05, 4.69) is 0 Å². The molecule has 2 atom stereocenters. The molecule has 2 aliphatic rings. The van der Waals surface area contributed by atoms with E-state index < -0.39 is 26.7 Å². The van der Waals surface area contributed by atoms with Gasteiger partial charge in [0.25, 0.3) is 0 Å². The Morgan fingerprint density at radius 2 is 1.67 bits per heavy atom. The molecule has 1 heterocycles. The molecule has 6 heteroatoms. The molecule has 0 saturated carbocycles. The first-order chi connectivity index (χ1) is 13.0. The van der Waals surface area contributed by atoms with E-state index in [4.69, 9.17) is 4.74 Å². The smallest absolute Gasteiger partial charge is 0.328 e. The number of aliphatic hydroxyl groups excluding tert-OH is 1. The number of ether oxygens (including phenoxy) is 1. The summed E-state index contributed by atoms with van der Waals surface area (Å²) in [5, 5.41) is 10.3. The lowest BCUT2D eigenvalue weighted by atomic mass is 9.90. The summed E-state index contributed by atoms with van der Waals surface area (Å²) in [6, 6.07) is 8.15. The predicted molar refractivity (Wildman–Crippen MR) is 103 cm³/mol. The highest BCUT2D eigenvalue weighted by Gasteiger charge is 2.54. The van der Waals surface area contributed by atoms with Crippen LogP contribution >= 0.6 is 0 Å². The van der Waals surface area contributed by atoms with E-state index in [9.17, 15) is 18.3 Å². The summed E-state index contributed by atoms with van der Waals surface area (Å²) in [6.07, 6.45) is 7.68. The highest BCUT2D eigenvalue weighted by atomic mass is 32.2. The van der Waals surface area contributed by atoms with Crippen LogP contribution in [0.15, 0.2) is 46.9 Å². The molecular weight excluding hydrogens is 364 g/mol. The van der Waals surface area contributed by atoms with Crippen LogP contribution in [0, 0.1) is 0 Å². The minimum absolute atomic E-state index is 0.0575. The number of hydrogen-bond donors (Lipinski definition) is 1. The Morgan fingerprint density at radius 1 is 1.00 bits per heavy atom. The fourth-order valence-corrected chi connectivity index (χ4v) is 6.10. The first kappa shape index (κ1) is 20.1. The van der Waals surface area contributed by atoms with Crippen molar-refractivity contribution in [2.75, 3.05) is 6.61 Å². The van der Waals surface area contributed by atoms with Gasteiger partial charge in [-0.15, -0.1) is 0 Å². The summed E-state index contributed by atoms with van der Waals surface area (Å²) < 4.78 is 30.7. The number of esters is 1. The van der Waals surface area contributed by atoms with Crippen LogP contribution in [-0.2, 0) is 19.4 Å². The van der Waals surface area contributed by atoms with Crippen LogP contribution in [0.25, 0.3) is 0 Å². The number of rotatable bonds is 2. The van der Waals surface area contributed by atoms with Crippen molar-refractivity contribution in [3.8, 4) is 0 Å². The molecule has 5 nitrogen and oxygen atoms in total. The highest BCUT2D eigenvalue weighted by Crippen LogP contribution is 2.40. The molecule has 1 N–H and O–H groups in total. The van der Waals surface area contributed by atoms with Gasteiger partial charge in [-0.05, 0) is 30.5 Å². The number of aliphatic hydroxyl groups is 1. The molecule has 0 spiro atoms. The Hall–Kier alpha value is -1.66. The lowest BCUT2D eigenvalue weighted by Crippen LogP contribution is -2.51. The Bertz CT molecular complexity index is 784. The second kappa shape index (κ2) is 8.57.